The van der Waals surface area contributed by atoms with Crippen LogP contribution in [0.5, 0.6) is 5.88 Å². The summed E-state index contributed by atoms with van der Waals surface area (Å²) in [7, 11) is 0. The van der Waals surface area contributed by atoms with Crippen LogP contribution < -0.4 is 4.74 Å². The number of nitrogens with zero attached hydrogens (tertiary/aromatic N) is 3. The summed E-state index contributed by atoms with van der Waals surface area (Å²) < 4.78 is 10.8. The second-order valence-corrected chi connectivity index (χ2v) is 5.12. The molecular formula is C17H19N3O3. The Morgan fingerprint density at radius 1 is 1.26 bits per heavy atom. The quantitative estimate of drug-likeness (QED) is 0.864. The molecule has 0 radical (unpaired) electrons. The van der Waals surface area contributed by atoms with Crippen LogP contribution in [0, 0.1) is 0 Å². The van der Waals surface area contributed by atoms with Gasteiger partial charge in [0.1, 0.15) is 0 Å². The van der Waals surface area contributed by atoms with Crippen molar-refractivity contribution in [1.29, 1.82) is 0 Å². The first kappa shape index (κ1) is 15.4. The standard InChI is InChI=1S/C17H19N3O3/c1-2-23-16-14(4-3-6-19-16)15-12-13(5-7-18-15)17(21)20-8-10-22-11-9-20/h3-7,12H,2,8-11H2,1H3. The third kappa shape index (κ3) is 3.48. The predicted molar refractivity (Wildman–Crippen MR) is 85.4 cm³/mol. The molecule has 1 saturated heterocycles. The topological polar surface area (TPSA) is 64.5 Å². The van der Waals surface area contributed by atoms with Gasteiger partial charge in [-0.1, -0.05) is 0 Å². The summed E-state index contributed by atoms with van der Waals surface area (Å²) in [5.41, 5.74) is 2.08. The van der Waals surface area contributed by atoms with Crippen LogP contribution in [0.1, 0.15) is 17.3 Å². The molecule has 2 aromatic heterocycles. The van der Waals surface area contributed by atoms with Crippen LogP contribution in [0.15, 0.2) is 36.7 Å². The van der Waals surface area contributed by atoms with Crippen LogP contribution in [0.25, 0.3) is 11.3 Å². The number of pyridine rings is 2. The fourth-order valence-corrected chi connectivity index (χ4v) is 2.50. The third-order valence-electron chi connectivity index (χ3n) is 3.63. The molecule has 0 saturated carbocycles. The van der Waals surface area contributed by atoms with E-state index in [1.165, 1.54) is 0 Å². The lowest BCUT2D eigenvalue weighted by Gasteiger charge is -2.26. The number of hydrogen-bond donors (Lipinski definition) is 0. The minimum absolute atomic E-state index is 0.00111. The maximum Gasteiger partial charge on any atom is 0.254 e. The molecule has 120 valence electrons. The number of carbonyl (C=O) groups excluding carboxylic acids is 1. The number of rotatable bonds is 4. The van der Waals surface area contributed by atoms with Crippen molar-refractivity contribution >= 4 is 5.91 Å². The minimum atomic E-state index is -0.00111. The molecule has 3 rings (SSSR count). The number of hydrogen-bond acceptors (Lipinski definition) is 5. The first-order chi connectivity index (χ1) is 11.3. The van der Waals surface area contributed by atoms with E-state index in [9.17, 15) is 4.79 Å². The Balaban J connectivity index is 1.89. The molecule has 2 aromatic rings. The Hall–Kier alpha value is -2.47. The fourth-order valence-electron chi connectivity index (χ4n) is 2.50. The van der Waals surface area contributed by atoms with Crippen LogP contribution in [-0.4, -0.2) is 53.7 Å². The van der Waals surface area contributed by atoms with Crippen molar-refractivity contribution in [3.63, 3.8) is 0 Å². The van der Waals surface area contributed by atoms with Crippen LogP contribution >= 0.6 is 0 Å². The van der Waals surface area contributed by atoms with E-state index in [4.69, 9.17) is 9.47 Å². The zero-order valence-electron chi connectivity index (χ0n) is 13.1. The van der Waals surface area contributed by atoms with E-state index in [-0.39, 0.29) is 5.91 Å². The van der Waals surface area contributed by atoms with Gasteiger partial charge in [0.05, 0.1) is 31.1 Å². The van der Waals surface area contributed by atoms with Gasteiger partial charge in [-0.3, -0.25) is 9.78 Å². The molecular weight excluding hydrogens is 294 g/mol. The van der Waals surface area contributed by atoms with Crippen LogP contribution in [-0.2, 0) is 4.74 Å². The van der Waals surface area contributed by atoms with E-state index in [1.54, 1.807) is 29.4 Å². The average Bonchev–Trinajstić information content (AvgIpc) is 2.63. The summed E-state index contributed by atoms with van der Waals surface area (Å²) in [4.78, 5) is 23.0. The van der Waals surface area contributed by atoms with Gasteiger partial charge in [0.2, 0.25) is 5.88 Å². The summed E-state index contributed by atoms with van der Waals surface area (Å²) in [5, 5.41) is 0. The largest absolute Gasteiger partial charge is 0.477 e. The molecule has 0 bridgehead atoms. The highest BCUT2D eigenvalue weighted by Gasteiger charge is 2.19. The zero-order chi connectivity index (χ0) is 16.1. The van der Waals surface area contributed by atoms with Gasteiger partial charge in [0.25, 0.3) is 5.91 Å². The number of morpholine rings is 1. The molecule has 0 atom stereocenters. The number of aromatic nitrogens is 2. The second-order valence-electron chi connectivity index (χ2n) is 5.12. The van der Waals surface area contributed by atoms with Gasteiger partial charge in [-0.2, -0.15) is 0 Å². The van der Waals surface area contributed by atoms with Gasteiger partial charge in [-0.15, -0.1) is 0 Å². The molecule has 0 aliphatic carbocycles. The Labute approximate surface area is 135 Å². The Morgan fingerprint density at radius 3 is 2.87 bits per heavy atom. The van der Waals surface area contributed by atoms with Crippen molar-refractivity contribution in [3.8, 4) is 17.1 Å². The molecule has 0 N–H and O–H groups in total. The van der Waals surface area contributed by atoms with Gasteiger partial charge in [0.15, 0.2) is 0 Å². The summed E-state index contributed by atoms with van der Waals surface area (Å²) in [6, 6.07) is 7.24. The molecule has 1 aliphatic heterocycles. The van der Waals surface area contributed by atoms with Crippen molar-refractivity contribution in [3.05, 3.63) is 42.2 Å². The van der Waals surface area contributed by atoms with Crippen molar-refractivity contribution in [2.75, 3.05) is 32.9 Å². The lowest BCUT2D eigenvalue weighted by molar-refractivity contribution is 0.0303. The highest BCUT2D eigenvalue weighted by Crippen LogP contribution is 2.26. The predicted octanol–water partition coefficient (Wildman–Crippen LogP) is 2.01. The minimum Gasteiger partial charge on any atom is -0.477 e. The lowest BCUT2D eigenvalue weighted by Crippen LogP contribution is -2.40. The van der Waals surface area contributed by atoms with Crippen molar-refractivity contribution < 1.29 is 14.3 Å². The first-order valence-corrected chi connectivity index (χ1v) is 7.71. The molecule has 0 unspecified atom stereocenters. The van der Waals surface area contributed by atoms with Crippen LogP contribution in [0.3, 0.4) is 0 Å². The summed E-state index contributed by atoms with van der Waals surface area (Å²) in [6.45, 7) is 4.84. The zero-order valence-corrected chi connectivity index (χ0v) is 13.1. The SMILES string of the molecule is CCOc1ncccc1-c1cc(C(=O)N2CCOCC2)ccn1. The Morgan fingerprint density at radius 2 is 2.09 bits per heavy atom. The molecule has 0 spiro atoms. The third-order valence-corrected chi connectivity index (χ3v) is 3.63. The normalized spacial score (nSPS) is 14.6. The van der Waals surface area contributed by atoms with Crippen molar-refractivity contribution in [2.45, 2.75) is 6.92 Å². The van der Waals surface area contributed by atoms with E-state index in [1.807, 2.05) is 19.1 Å². The van der Waals surface area contributed by atoms with Gasteiger partial charge in [0, 0.05) is 31.0 Å². The first-order valence-electron chi connectivity index (χ1n) is 7.71. The van der Waals surface area contributed by atoms with Crippen molar-refractivity contribution in [1.82, 2.24) is 14.9 Å². The highest BCUT2D eigenvalue weighted by atomic mass is 16.5. The molecule has 1 fully saturated rings. The van der Waals surface area contributed by atoms with E-state index in [0.717, 1.165) is 5.56 Å². The van der Waals surface area contributed by atoms with Gasteiger partial charge in [-0.05, 0) is 31.2 Å². The molecule has 0 aromatic carbocycles. The fraction of sp³-hybridized carbons (Fsp3) is 0.353. The molecule has 6 heteroatoms. The van der Waals surface area contributed by atoms with Gasteiger partial charge < -0.3 is 14.4 Å². The van der Waals surface area contributed by atoms with Crippen molar-refractivity contribution in [2.24, 2.45) is 0 Å². The summed E-state index contributed by atoms with van der Waals surface area (Å²) in [5.74, 6) is 0.525. The number of carbonyl (C=O) groups is 1. The maximum atomic E-state index is 12.6. The monoisotopic (exact) mass is 313 g/mol. The summed E-state index contributed by atoms with van der Waals surface area (Å²) >= 11 is 0. The van der Waals surface area contributed by atoms with E-state index < -0.39 is 0 Å². The van der Waals surface area contributed by atoms with E-state index >= 15 is 0 Å². The molecule has 3 heterocycles. The number of amides is 1. The van der Waals surface area contributed by atoms with Crippen LogP contribution in [0.2, 0.25) is 0 Å². The Bertz CT molecular complexity index is 684. The lowest BCUT2D eigenvalue weighted by atomic mass is 10.1. The van der Waals surface area contributed by atoms with Gasteiger partial charge >= 0.3 is 0 Å². The molecule has 23 heavy (non-hydrogen) atoms. The van der Waals surface area contributed by atoms with E-state index in [2.05, 4.69) is 9.97 Å². The smallest absolute Gasteiger partial charge is 0.254 e. The van der Waals surface area contributed by atoms with E-state index in [0.29, 0.717) is 50.0 Å². The highest BCUT2D eigenvalue weighted by molar-refractivity contribution is 5.95. The molecule has 1 aliphatic rings. The number of ether oxygens (including phenoxy) is 2. The Kier molecular flexibility index (Phi) is 4.83. The summed E-state index contributed by atoms with van der Waals surface area (Å²) in [6.07, 6.45) is 3.32. The molecule has 6 nitrogen and oxygen atoms in total. The van der Waals surface area contributed by atoms with Crippen LogP contribution in [0.4, 0.5) is 0 Å². The maximum absolute atomic E-state index is 12.6. The molecule has 1 amide bonds. The average molecular weight is 313 g/mol. The second kappa shape index (κ2) is 7.19. The van der Waals surface area contributed by atoms with Gasteiger partial charge in [-0.25, -0.2) is 4.98 Å².